The summed E-state index contributed by atoms with van der Waals surface area (Å²) in [4.78, 5) is 38.1. The van der Waals surface area contributed by atoms with Crippen LogP contribution < -0.4 is 9.64 Å². The Morgan fingerprint density at radius 3 is 2.62 bits per heavy atom. The first-order valence-corrected chi connectivity index (χ1v) is 8.28. The molecule has 3 rings (SSSR count). The zero-order valence-electron chi connectivity index (χ0n) is 14.4. The van der Waals surface area contributed by atoms with Gasteiger partial charge in [0.1, 0.15) is 5.75 Å². The van der Waals surface area contributed by atoms with E-state index in [0.717, 1.165) is 0 Å². The van der Waals surface area contributed by atoms with Crippen LogP contribution in [0.2, 0.25) is 0 Å². The van der Waals surface area contributed by atoms with Crippen molar-refractivity contribution >= 4 is 23.3 Å². The van der Waals surface area contributed by atoms with E-state index in [-0.39, 0.29) is 31.3 Å². The van der Waals surface area contributed by atoms with E-state index in [4.69, 9.17) is 9.47 Å². The Morgan fingerprint density at radius 2 is 1.88 bits per heavy atom. The number of hydrogen-bond acceptors (Lipinski definition) is 5. The maximum Gasteiger partial charge on any atom is 0.311 e. The smallest absolute Gasteiger partial charge is 0.311 e. The highest BCUT2D eigenvalue weighted by atomic mass is 16.5. The predicted molar refractivity (Wildman–Crippen MR) is 95.2 cm³/mol. The zero-order valence-corrected chi connectivity index (χ0v) is 14.4. The van der Waals surface area contributed by atoms with Crippen LogP contribution in [0.1, 0.15) is 16.8 Å². The summed E-state index contributed by atoms with van der Waals surface area (Å²) in [5, 5.41) is 0. The molecule has 1 fully saturated rings. The molecule has 1 aliphatic heterocycles. The van der Waals surface area contributed by atoms with Gasteiger partial charge in [-0.3, -0.25) is 14.4 Å². The molecule has 0 spiro atoms. The van der Waals surface area contributed by atoms with Gasteiger partial charge >= 0.3 is 5.97 Å². The summed E-state index contributed by atoms with van der Waals surface area (Å²) in [5.74, 6) is -0.914. The lowest BCUT2D eigenvalue weighted by Crippen LogP contribution is -2.27. The molecule has 1 heterocycles. The van der Waals surface area contributed by atoms with Gasteiger partial charge in [-0.2, -0.15) is 0 Å². The standard InChI is InChI=1S/C20H19NO5/c1-25-17-9-5-8-16(11-17)21-12-15(10-19(21)23)20(24)26-13-18(22)14-6-3-2-4-7-14/h2-9,11,15H,10,12-13H2,1H3. The van der Waals surface area contributed by atoms with Crippen LogP contribution in [0.4, 0.5) is 5.69 Å². The second-order valence-corrected chi connectivity index (χ2v) is 6.00. The molecular weight excluding hydrogens is 334 g/mol. The highest BCUT2D eigenvalue weighted by molar-refractivity contribution is 6.01. The van der Waals surface area contributed by atoms with Gasteiger partial charge in [-0.25, -0.2) is 0 Å². The fourth-order valence-corrected chi connectivity index (χ4v) is 2.86. The van der Waals surface area contributed by atoms with Crippen molar-refractivity contribution in [2.24, 2.45) is 5.92 Å². The van der Waals surface area contributed by atoms with E-state index in [2.05, 4.69) is 0 Å². The molecule has 1 atom stereocenters. The molecule has 1 aliphatic rings. The molecule has 0 radical (unpaired) electrons. The summed E-state index contributed by atoms with van der Waals surface area (Å²) in [6, 6.07) is 15.7. The molecule has 26 heavy (non-hydrogen) atoms. The number of ketones is 1. The number of Topliss-reactive ketones (excluding diaryl/α,β-unsaturated/α-hetero) is 1. The Balaban J connectivity index is 1.59. The Labute approximate surface area is 151 Å². The van der Waals surface area contributed by atoms with Crippen LogP contribution in [0.15, 0.2) is 54.6 Å². The van der Waals surface area contributed by atoms with Gasteiger partial charge in [0.15, 0.2) is 12.4 Å². The van der Waals surface area contributed by atoms with Crippen LogP contribution in [0.5, 0.6) is 5.75 Å². The molecule has 0 saturated carbocycles. The molecule has 1 saturated heterocycles. The average Bonchev–Trinajstić information content (AvgIpc) is 3.08. The van der Waals surface area contributed by atoms with Gasteiger partial charge in [-0.05, 0) is 12.1 Å². The minimum Gasteiger partial charge on any atom is -0.497 e. The monoisotopic (exact) mass is 353 g/mol. The highest BCUT2D eigenvalue weighted by Crippen LogP contribution is 2.28. The minimum absolute atomic E-state index is 0.0651. The van der Waals surface area contributed by atoms with E-state index in [0.29, 0.717) is 17.0 Å². The summed E-state index contributed by atoms with van der Waals surface area (Å²) >= 11 is 0. The lowest BCUT2D eigenvalue weighted by Gasteiger charge is -2.17. The number of benzene rings is 2. The van der Waals surface area contributed by atoms with Crippen molar-refractivity contribution in [2.75, 3.05) is 25.2 Å². The zero-order chi connectivity index (χ0) is 18.5. The van der Waals surface area contributed by atoms with Gasteiger partial charge in [0.25, 0.3) is 0 Å². The predicted octanol–water partition coefficient (Wildman–Crippen LogP) is 2.47. The molecule has 2 aromatic rings. The maximum absolute atomic E-state index is 12.3. The molecule has 0 bridgehead atoms. The number of carbonyl (C=O) groups is 3. The number of anilines is 1. The van der Waals surface area contributed by atoms with Crippen LogP contribution in [-0.2, 0) is 14.3 Å². The van der Waals surface area contributed by atoms with Crippen LogP contribution in [0.3, 0.4) is 0 Å². The van der Waals surface area contributed by atoms with Gasteiger partial charge < -0.3 is 14.4 Å². The number of esters is 1. The molecule has 134 valence electrons. The fraction of sp³-hybridized carbons (Fsp3) is 0.250. The number of carbonyl (C=O) groups excluding carboxylic acids is 3. The van der Waals surface area contributed by atoms with Gasteiger partial charge in [0.05, 0.1) is 13.0 Å². The van der Waals surface area contributed by atoms with Gasteiger partial charge in [-0.1, -0.05) is 36.4 Å². The van der Waals surface area contributed by atoms with E-state index in [1.807, 2.05) is 0 Å². The lowest BCUT2D eigenvalue weighted by molar-refractivity contribution is -0.147. The van der Waals surface area contributed by atoms with Crippen molar-refractivity contribution in [3.63, 3.8) is 0 Å². The summed E-state index contributed by atoms with van der Waals surface area (Å²) in [7, 11) is 1.55. The van der Waals surface area contributed by atoms with Crippen molar-refractivity contribution in [3.05, 3.63) is 60.2 Å². The molecule has 6 heteroatoms. The molecule has 0 aromatic heterocycles. The first-order chi connectivity index (χ1) is 12.6. The van der Waals surface area contributed by atoms with Crippen molar-refractivity contribution in [1.29, 1.82) is 0 Å². The molecule has 1 amide bonds. The van der Waals surface area contributed by atoms with Gasteiger partial charge in [-0.15, -0.1) is 0 Å². The Hall–Kier alpha value is -3.15. The normalized spacial score (nSPS) is 16.4. The molecule has 0 aliphatic carbocycles. The highest BCUT2D eigenvalue weighted by Gasteiger charge is 2.36. The maximum atomic E-state index is 12.3. The van der Waals surface area contributed by atoms with Gasteiger partial charge in [0, 0.05) is 30.3 Å². The topological polar surface area (TPSA) is 72.9 Å². The third-order valence-corrected chi connectivity index (χ3v) is 4.26. The Kier molecular flexibility index (Phi) is 5.31. The Bertz CT molecular complexity index is 818. The van der Waals surface area contributed by atoms with Crippen LogP contribution >= 0.6 is 0 Å². The van der Waals surface area contributed by atoms with E-state index in [1.54, 1.807) is 61.7 Å². The van der Waals surface area contributed by atoms with Crippen LogP contribution in [0, 0.1) is 5.92 Å². The van der Waals surface area contributed by atoms with Crippen molar-refractivity contribution in [1.82, 2.24) is 0 Å². The number of hydrogen-bond donors (Lipinski definition) is 0. The third kappa shape index (κ3) is 3.91. The molecule has 6 nitrogen and oxygen atoms in total. The van der Waals surface area contributed by atoms with Crippen molar-refractivity contribution in [2.45, 2.75) is 6.42 Å². The first kappa shape index (κ1) is 17.7. The summed E-state index contributed by atoms with van der Waals surface area (Å²) in [6.07, 6.45) is 0.0651. The number of ether oxygens (including phenoxy) is 2. The molecule has 0 N–H and O–H groups in total. The summed E-state index contributed by atoms with van der Waals surface area (Å²) in [6.45, 7) is -0.100. The van der Waals surface area contributed by atoms with Crippen molar-refractivity contribution < 1.29 is 23.9 Å². The van der Waals surface area contributed by atoms with E-state index in [1.165, 1.54) is 4.90 Å². The lowest BCUT2D eigenvalue weighted by atomic mass is 10.1. The number of nitrogens with zero attached hydrogens (tertiary/aromatic N) is 1. The summed E-state index contributed by atoms with van der Waals surface area (Å²) in [5.41, 5.74) is 1.16. The number of amides is 1. The average molecular weight is 353 g/mol. The van der Waals surface area contributed by atoms with Crippen molar-refractivity contribution in [3.8, 4) is 5.75 Å². The minimum atomic E-state index is -0.586. The van der Waals surface area contributed by atoms with Crippen LogP contribution in [-0.4, -0.2) is 37.9 Å². The third-order valence-electron chi connectivity index (χ3n) is 4.26. The number of methoxy groups -OCH3 is 1. The van der Waals surface area contributed by atoms with E-state index < -0.39 is 11.9 Å². The quantitative estimate of drug-likeness (QED) is 0.589. The fourth-order valence-electron chi connectivity index (χ4n) is 2.86. The first-order valence-electron chi connectivity index (χ1n) is 8.28. The largest absolute Gasteiger partial charge is 0.497 e. The number of rotatable bonds is 6. The SMILES string of the molecule is COc1cccc(N2CC(C(=O)OCC(=O)c3ccccc3)CC2=O)c1. The molecule has 1 unspecified atom stereocenters. The summed E-state index contributed by atoms with van der Waals surface area (Å²) < 4.78 is 10.3. The van der Waals surface area contributed by atoms with E-state index >= 15 is 0 Å². The Morgan fingerprint density at radius 1 is 1.12 bits per heavy atom. The van der Waals surface area contributed by atoms with E-state index in [9.17, 15) is 14.4 Å². The second-order valence-electron chi connectivity index (χ2n) is 6.00. The van der Waals surface area contributed by atoms with Gasteiger partial charge in [0.2, 0.25) is 5.91 Å². The molecule has 2 aromatic carbocycles. The van der Waals surface area contributed by atoms with Crippen LogP contribution in [0.25, 0.3) is 0 Å². The second kappa shape index (κ2) is 7.82. The molecular formula is C20H19NO5.